The van der Waals surface area contributed by atoms with Crippen LogP contribution in [0.25, 0.3) is 44.2 Å². The molecule has 4 atom stereocenters. The third-order valence-corrected chi connectivity index (χ3v) is 13.4. The van der Waals surface area contributed by atoms with E-state index in [0.717, 1.165) is 81.4 Å². The van der Waals surface area contributed by atoms with Gasteiger partial charge in [-0.15, -0.1) is 0 Å². The molecular formula is C49H52N8O8. The number of likely N-dealkylation sites (tertiary alicyclic amines) is 2. The molecular weight excluding hydrogens is 829 g/mol. The van der Waals surface area contributed by atoms with Crippen LogP contribution in [0.1, 0.15) is 79.7 Å². The molecule has 0 saturated carbocycles. The van der Waals surface area contributed by atoms with Crippen LogP contribution in [0.3, 0.4) is 0 Å². The Morgan fingerprint density at radius 1 is 0.800 bits per heavy atom. The van der Waals surface area contributed by atoms with Crippen molar-refractivity contribution in [1.29, 1.82) is 0 Å². The van der Waals surface area contributed by atoms with E-state index in [1.165, 1.54) is 19.8 Å². The molecule has 16 heteroatoms. The SMILES string of the molecule is COC(=O)N[C@H](C(=O)N1CCCC1c1nc2c([nH]1)CCc1cc(-c3ccc4c(ccc5[nH]c([C@@H]6CC7(CN6C(=O)[C@H](NC(=O)OC)c6ccccc6)OCCO7)nc54)c3)ccc1-2)C(C)C. The van der Waals surface area contributed by atoms with Crippen LogP contribution in [0.5, 0.6) is 0 Å². The number of nitrogens with one attached hydrogen (secondary N) is 4. The standard InChI is InChI=1S/C49H52N8O8/c1-27(2)39(54-47(60)62-3)45(58)56-20-8-11-37(56)43-50-35-18-14-31-23-29(12-16-33(31)41(35)52-43)30-13-17-34-32(24-30)15-19-36-42(34)53-44(51-36)38-25-49(64-21-22-65-49)26-57(38)46(59)40(55-48(61)63-4)28-9-6-5-7-10-28/h5-7,9-10,12-13,15-17,19,23-24,27,37-40H,8,11,14,18,20-22,25-26H2,1-4H3,(H,50,52)(H,51,53)(H,54,60)(H,55,61)/t37?,38-,39-,40+/m0/s1. The number of aromatic amines is 2. The van der Waals surface area contributed by atoms with E-state index in [9.17, 15) is 19.2 Å². The summed E-state index contributed by atoms with van der Waals surface area (Å²) >= 11 is 0. The van der Waals surface area contributed by atoms with Crippen molar-refractivity contribution in [2.45, 2.75) is 75.9 Å². The highest BCUT2D eigenvalue weighted by Gasteiger charge is 2.53. The number of benzene rings is 4. The number of hydrogen-bond acceptors (Lipinski definition) is 10. The van der Waals surface area contributed by atoms with E-state index in [1.807, 2.05) is 43.0 Å². The summed E-state index contributed by atoms with van der Waals surface area (Å²) in [6.45, 7) is 5.43. The lowest BCUT2D eigenvalue weighted by Crippen LogP contribution is -2.51. The number of aryl methyl sites for hydroxylation is 2. The lowest BCUT2D eigenvalue weighted by atomic mass is 9.89. The zero-order valence-electron chi connectivity index (χ0n) is 36.8. The van der Waals surface area contributed by atoms with Crippen LogP contribution in [-0.2, 0) is 41.4 Å². The summed E-state index contributed by atoms with van der Waals surface area (Å²) in [4.78, 5) is 73.8. The Kier molecular flexibility index (Phi) is 11.0. The van der Waals surface area contributed by atoms with Gasteiger partial charge >= 0.3 is 12.2 Å². The van der Waals surface area contributed by atoms with Gasteiger partial charge in [-0.1, -0.05) is 80.6 Å². The topological polar surface area (TPSA) is 193 Å². The van der Waals surface area contributed by atoms with Crippen molar-refractivity contribution in [2.24, 2.45) is 5.92 Å². The summed E-state index contributed by atoms with van der Waals surface area (Å²) in [6, 6.07) is 23.7. The minimum Gasteiger partial charge on any atom is -0.453 e. The highest BCUT2D eigenvalue weighted by atomic mass is 16.7. The van der Waals surface area contributed by atoms with Gasteiger partial charge in [0.15, 0.2) is 5.79 Å². The summed E-state index contributed by atoms with van der Waals surface area (Å²) in [5.41, 5.74) is 8.68. The fourth-order valence-electron chi connectivity index (χ4n) is 10.1. The van der Waals surface area contributed by atoms with Crippen molar-refractivity contribution < 1.29 is 38.1 Å². The minimum absolute atomic E-state index is 0.114. The van der Waals surface area contributed by atoms with Crippen LogP contribution in [0, 0.1) is 5.92 Å². The average Bonchev–Trinajstić information content (AvgIpc) is 4.19. The van der Waals surface area contributed by atoms with Gasteiger partial charge in [-0.3, -0.25) is 9.59 Å². The van der Waals surface area contributed by atoms with E-state index in [0.29, 0.717) is 37.6 Å². The number of alkyl carbamates (subject to hydrolysis) is 2. The maximum Gasteiger partial charge on any atom is 0.407 e. The lowest BCUT2D eigenvalue weighted by Gasteiger charge is -2.30. The van der Waals surface area contributed by atoms with Gasteiger partial charge in [0.05, 0.1) is 62.8 Å². The first-order chi connectivity index (χ1) is 31.5. The van der Waals surface area contributed by atoms with E-state index >= 15 is 0 Å². The summed E-state index contributed by atoms with van der Waals surface area (Å²) in [5.74, 6) is -0.181. The summed E-state index contributed by atoms with van der Waals surface area (Å²) in [5, 5.41) is 7.45. The summed E-state index contributed by atoms with van der Waals surface area (Å²) < 4.78 is 22.0. The maximum absolute atomic E-state index is 14.5. The molecule has 5 heterocycles. The molecule has 2 aromatic heterocycles. The van der Waals surface area contributed by atoms with Crippen LogP contribution in [-0.4, -0.2) is 106 Å². The molecule has 3 saturated heterocycles. The van der Waals surface area contributed by atoms with Gasteiger partial charge in [-0.05, 0) is 71.4 Å². The normalized spacial score (nSPS) is 19.6. The number of H-pyrrole nitrogens is 2. The molecule has 3 fully saturated rings. The fraction of sp³-hybridized carbons (Fsp3) is 0.388. The number of ether oxygens (including phenoxy) is 4. The van der Waals surface area contributed by atoms with Crippen LogP contribution in [0.4, 0.5) is 9.59 Å². The largest absolute Gasteiger partial charge is 0.453 e. The molecule has 4 aromatic carbocycles. The third-order valence-electron chi connectivity index (χ3n) is 13.4. The first-order valence-electron chi connectivity index (χ1n) is 22.3. The number of nitrogens with zero attached hydrogens (tertiary/aromatic N) is 4. The Morgan fingerprint density at radius 2 is 1.54 bits per heavy atom. The van der Waals surface area contributed by atoms with Gasteiger partial charge in [0, 0.05) is 29.6 Å². The van der Waals surface area contributed by atoms with E-state index in [4.69, 9.17) is 28.9 Å². The summed E-state index contributed by atoms with van der Waals surface area (Å²) in [6.07, 6.45) is 2.31. The number of amides is 4. The van der Waals surface area contributed by atoms with Crippen LogP contribution in [0.15, 0.2) is 78.9 Å². The van der Waals surface area contributed by atoms with Gasteiger partial charge < -0.3 is 49.3 Å². The number of rotatable bonds is 9. The van der Waals surface area contributed by atoms with Crippen molar-refractivity contribution in [3.63, 3.8) is 0 Å². The molecule has 0 radical (unpaired) electrons. The highest BCUT2D eigenvalue weighted by Crippen LogP contribution is 2.44. The molecule has 1 aliphatic carbocycles. The Bertz CT molecular complexity index is 2810. The quantitative estimate of drug-likeness (QED) is 0.117. The van der Waals surface area contributed by atoms with Crippen molar-refractivity contribution in [2.75, 3.05) is 40.5 Å². The first-order valence-corrected chi connectivity index (χ1v) is 22.3. The second kappa shape index (κ2) is 17.0. The van der Waals surface area contributed by atoms with E-state index in [-0.39, 0.29) is 30.3 Å². The maximum atomic E-state index is 14.5. The molecule has 4 amide bonds. The van der Waals surface area contributed by atoms with E-state index < -0.39 is 36.1 Å². The molecule has 3 aliphatic heterocycles. The van der Waals surface area contributed by atoms with Gasteiger partial charge in [-0.2, -0.15) is 0 Å². The fourth-order valence-corrected chi connectivity index (χ4v) is 10.1. The van der Waals surface area contributed by atoms with Gasteiger partial charge in [0.2, 0.25) is 5.91 Å². The molecule has 16 nitrogen and oxygen atoms in total. The van der Waals surface area contributed by atoms with Gasteiger partial charge in [0.1, 0.15) is 23.7 Å². The molecule has 10 rings (SSSR count). The monoisotopic (exact) mass is 880 g/mol. The molecule has 1 unspecified atom stereocenters. The molecule has 4 aliphatic rings. The second-order valence-electron chi connectivity index (χ2n) is 17.7. The Hall–Kier alpha value is -6.78. The number of methoxy groups -OCH3 is 2. The number of hydrogen-bond donors (Lipinski definition) is 4. The number of carbonyl (C=O) groups excluding carboxylic acids is 4. The van der Waals surface area contributed by atoms with Crippen LogP contribution >= 0.6 is 0 Å². The smallest absolute Gasteiger partial charge is 0.407 e. The molecule has 65 heavy (non-hydrogen) atoms. The lowest BCUT2D eigenvalue weighted by molar-refractivity contribution is -0.153. The van der Waals surface area contributed by atoms with Crippen molar-refractivity contribution in [3.05, 3.63) is 107 Å². The van der Waals surface area contributed by atoms with Crippen LogP contribution < -0.4 is 10.6 Å². The average molecular weight is 881 g/mol. The third kappa shape index (κ3) is 7.73. The molecule has 1 spiro atoms. The first kappa shape index (κ1) is 42.2. The zero-order valence-corrected chi connectivity index (χ0v) is 36.8. The predicted molar refractivity (Wildman–Crippen MR) is 240 cm³/mol. The molecule has 0 bridgehead atoms. The highest BCUT2D eigenvalue weighted by molar-refractivity contribution is 6.05. The number of fused-ring (bicyclic) bond motifs is 6. The van der Waals surface area contributed by atoms with Crippen LogP contribution in [0.2, 0.25) is 0 Å². The zero-order chi connectivity index (χ0) is 45.0. The van der Waals surface area contributed by atoms with Crippen molar-refractivity contribution >= 4 is 45.8 Å². The van der Waals surface area contributed by atoms with Crippen molar-refractivity contribution in [1.82, 2.24) is 40.4 Å². The van der Waals surface area contributed by atoms with Gasteiger partial charge in [-0.25, -0.2) is 19.6 Å². The Morgan fingerprint density at radius 3 is 2.31 bits per heavy atom. The second-order valence-corrected chi connectivity index (χ2v) is 17.7. The van der Waals surface area contributed by atoms with Gasteiger partial charge in [0.25, 0.3) is 5.91 Å². The Balaban J connectivity index is 0.914. The summed E-state index contributed by atoms with van der Waals surface area (Å²) in [7, 11) is 2.57. The van der Waals surface area contributed by atoms with E-state index in [1.54, 1.807) is 17.0 Å². The predicted octanol–water partition coefficient (Wildman–Crippen LogP) is 7.03. The van der Waals surface area contributed by atoms with Crippen molar-refractivity contribution in [3.8, 4) is 22.4 Å². The number of carbonyl (C=O) groups is 4. The molecule has 336 valence electrons. The minimum atomic E-state index is -1.00. The Labute approximate surface area is 375 Å². The molecule has 4 N–H and O–H groups in total. The number of aromatic nitrogens is 4. The van der Waals surface area contributed by atoms with E-state index in [2.05, 4.69) is 63.1 Å². The number of imidazole rings is 2. The molecule has 6 aromatic rings.